The van der Waals surface area contributed by atoms with Gasteiger partial charge in [-0.1, -0.05) is 61.2 Å². The first-order valence-electron chi connectivity index (χ1n) is 8.59. The van der Waals surface area contributed by atoms with Gasteiger partial charge in [0.05, 0.1) is 16.5 Å². The number of rotatable bonds is 6. The Morgan fingerprint density at radius 2 is 2.11 bits per heavy atom. The zero-order valence-corrected chi connectivity index (χ0v) is 17.5. The van der Waals surface area contributed by atoms with Crippen molar-refractivity contribution in [1.82, 2.24) is 4.90 Å². The smallest absolute Gasteiger partial charge is 0.323 e. The molecule has 2 aliphatic rings. The third kappa shape index (κ3) is 4.24. The maximum absolute atomic E-state index is 12.4. The van der Waals surface area contributed by atoms with E-state index >= 15 is 0 Å². The van der Waals surface area contributed by atoms with Gasteiger partial charge >= 0.3 is 5.97 Å². The van der Waals surface area contributed by atoms with Gasteiger partial charge in [-0.15, -0.1) is 0 Å². The van der Waals surface area contributed by atoms with Gasteiger partial charge in [0.25, 0.3) is 5.91 Å². The van der Waals surface area contributed by atoms with E-state index in [0.717, 1.165) is 51.7 Å². The number of carboxylic acid groups (broad SMARTS) is 1. The highest BCUT2D eigenvalue weighted by Gasteiger charge is 2.33. The second kappa shape index (κ2) is 8.82. The van der Waals surface area contributed by atoms with E-state index in [1.165, 1.54) is 0 Å². The number of benzene rings is 1. The predicted molar refractivity (Wildman–Crippen MR) is 117 cm³/mol. The summed E-state index contributed by atoms with van der Waals surface area (Å²) >= 11 is 7.83. The van der Waals surface area contributed by atoms with Crippen LogP contribution in [0.25, 0.3) is 4.85 Å². The molecule has 28 heavy (non-hydrogen) atoms. The van der Waals surface area contributed by atoms with Gasteiger partial charge in [-0.05, 0) is 24.6 Å². The van der Waals surface area contributed by atoms with Crippen molar-refractivity contribution in [3.05, 3.63) is 51.7 Å². The van der Waals surface area contributed by atoms with Crippen molar-refractivity contribution in [3.8, 4) is 0 Å². The Labute approximate surface area is 177 Å². The molecule has 0 aliphatic carbocycles. The van der Waals surface area contributed by atoms with Crippen molar-refractivity contribution in [2.75, 3.05) is 18.0 Å². The van der Waals surface area contributed by atoms with Crippen LogP contribution >= 0.6 is 35.7 Å². The summed E-state index contributed by atoms with van der Waals surface area (Å²) in [7, 11) is 0. The summed E-state index contributed by atoms with van der Waals surface area (Å²) in [5.41, 5.74) is 1.60. The van der Waals surface area contributed by atoms with Crippen molar-refractivity contribution in [3.63, 3.8) is 0 Å². The monoisotopic (exact) mass is 431 g/mol. The van der Waals surface area contributed by atoms with Crippen LogP contribution < -0.4 is 4.90 Å². The average Bonchev–Trinajstić information content (AvgIpc) is 3.15. The molecule has 1 amide bonds. The van der Waals surface area contributed by atoms with Gasteiger partial charge in [0.15, 0.2) is 5.69 Å². The first-order chi connectivity index (χ1) is 13.4. The van der Waals surface area contributed by atoms with E-state index < -0.39 is 12.5 Å². The van der Waals surface area contributed by atoms with Gasteiger partial charge < -0.3 is 10.0 Å². The van der Waals surface area contributed by atoms with Crippen LogP contribution in [0.15, 0.2) is 45.2 Å². The zero-order valence-electron chi connectivity index (χ0n) is 15.0. The zero-order chi connectivity index (χ0) is 20.3. The van der Waals surface area contributed by atoms with Crippen LogP contribution in [0.1, 0.15) is 19.8 Å². The van der Waals surface area contributed by atoms with Gasteiger partial charge in [-0.3, -0.25) is 14.5 Å². The molecule has 0 atom stereocenters. The van der Waals surface area contributed by atoms with E-state index in [1.807, 2.05) is 18.2 Å². The van der Waals surface area contributed by atoms with Crippen LogP contribution in [0.5, 0.6) is 0 Å². The number of anilines is 1. The van der Waals surface area contributed by atoms with Gasteiger partial charge in [-0.25, -0.2) is 4.85 Å². The number of hydrogen-bond donors (Lipinski definition) is 1. The summed E-state index contributed by atoms with van der Waals surface area (Å²) in [4.78, 5) is 31.6. The number of carbonyl (C=O) groups excluding carboxylic acids is 1. The lowest BCUT2D eigenvalue weighted by atomic mass is 10.2. The van der Waals surface area contributed by atoms with Crippen LogP contribution in [-0.2, 0) is 9.59 Å². The molecule has 3 rings (SSSR count). The molecule has 0 radical (unpaired) electrons. The molecule has 1 saturated heterocycles. The van der Waals surface area contributed by atoms with Crippen molar-refractivity contribution in [2.24, 2.45) is 0 Å². The lowest BCUT2D eigenvalue weighted by Crippen LogP contribution is -2.33. The molecule has 0 aromatic heterocycles. The summed E-state index contributed by atoms with van der Waals surface area (Å²) in [6.07, 6.45) is 5.61. The highest BCUT2D eigenvalue weighted by molar-refractivity contribution is 8.26. The van der Waals surface area contributed by atoms with Gasteiger partial charge in [0, 0.05) is 17.1 Å². The quantitative estimate of drug-likeness (QED) is 0.400. The Hall–Kier alpha value is -2.28. The molecule has 1 aromatic rings. The number of hydrogen-bond acceptors (Lipinski definition) is 6. The Morgan fingerprint density at radius 3 is 2.79 bits per heavy atom. The Morgan fingerprint density at radius 1 is 1.32 bits per heavy atom. The number of carbonyl (C=O) groups is 2. The molecule has 0 spiro atoms. The second-order valence-electron chi connectivity index (χ2n) is 6.06. The van der Waals surface area contributed by atoms with E-state index in [0.29, 0.717) is 10.6 Å². The predicted octanol–water partition coefficient (Wildman–Crippen LogP) is 4.62. The van der Waals surface area contributed by atoms with Crippen LogP contribution in [0, 0.1) is 6.57 Å². The van der Waals surface area contributed by atoms with Crippen LogP contribution in [0.4, 0.5) is 11.4 Å². The highest BCUT2D eigenvalue weighted by Crippen LogP contribution is 2.47. The normalized spacial score (nSPS) is 18.9. The van der Waals surface area contributed by atoms with Crippen molar-refractivity contribution in [2.45, 2.75) is 24.7 Å². The molecule has 9 heteroatoms. The Kier molecular flexibility index (Phi) is 6.44. The highest BCUT2D eigenvalue weighted by atomic mass is 32.2. The molecule has 2 aliphatic heterocycles. The van der Waals surface area contributed by atoms with E-state index in [-0.39, 0.29) is 10.2 Å². The van der Waals surface area contributed by atoms with Crippen molar-refractivity contribution in [1.29, 1.82) is 0 Å². The number of thiocarbonyl (C=S) groups is 1. The number of unbranched alkanes of at least 4 members (excludes halogenated alkanes) is 1. The molecule has 1 fully saturated rings. The molecule has 6 nitrogen and oxygen atoms in total. The van der Waals surface area contributed by atoms with Crippen molar-refractivity contribution < 1.29 is 14.7 Å². The molecule has 2 heterocycles. The van der Waals surface area contributed by atoms with Gasteiger partial charge in [-0.2, -0.15) is 0 Å². The largest absolute Gasteiger partial charge is 0.480 e. The number of thioether (sulfide) groups is 2. The van der Waals surface area contributed by atoms with Crippen LogP contribution in [0.2, 0.25) is 0 Å². The third-order valence-corrected chi connectivity index (χ3v) is 6.65. The first-order valence-corrected chi connectivity index (χ1v) is 10.6. The Balaban J connectivity index is 1.87. The summed E-state index contributed by atoms with van der Waals surface area (Å²) < 4.78 is 0.254. The van der Waals surface area contributed by atoms with Crippen LogP contribution in [-0.4, -0.2) is 39.3 Å². The van der Waals surface area contributed by atoms with Gasteiger partial charge in [0.1, 0.15) is 10.9 Å². The van der Waals surface area contributed by atoms with E-state index in [2.05, 4.69) is 16.7 Å². The van der Waals surface area contributed by atoms with E-state index in [9.17, 15) is 9.59 Å². The number of carboxylic acids is 1. The molecule has 1 N–H and O–H groups in total. The first kappa shape index (κ1) is 20.5. The molecule has 0 bridgehead atoms. The third-order valence-electron chi connectivity index (χ3n) is 4.12. The molecular weight excluding hydrogens is 414 g/mol. The Bertz CT molecular complexity index is 949. The molecule has 0 saturated carbocycles. The fraction of sp³-hybridized carbons (Fsp3) is 0.263. The fourth-order valence-electron chi connectivity index (χ4n) is 2.76. The average molecular weight is 432 g/mol. The summed E-state index contributed by atoms with van der Waals surface area (Å²) in [5.74, 6) is -1.48. The summed E-state index contributed by atoms with van der Waals surface area (Å²) in [6.45, 7) is 9.75. The molecular formula is C19H17N3O3S3. The summed E-state index contributed by atoms with van der Waals surface area (Å²) in [5, 5.41) is 9.90. The second-order valence-corrected chi connectivity index (χ2v) is 8.80. The minimum Gasteiger partial charge on any atom is -0.480 e. The topological polar surface area (TPSA) is 65.2 Å². The van der Waals surface area contributed by atoms with Gasteiger partial charge in [0.2, 0.25) is 0 Å². The maximum Gasteiger partial charge on any atom is 0.323 e. The number of fused-ring (bicyclic) bond motifs is 1. The minimum absolute atomic E-state index is 0.254. The number of nitrogens with zero attached hydrogens (tertiary/aromatic N) is 3. The minimum atomic E-state index is -1.10. The standard InChI is InChI=1S/C19H17N3O3S3/c1-3-4-9-21-13-10-12(20-2)5-6-14(13)27-16(21)8-7-15-18(25)22(11-17(23)24)19(26)28-15/h5-8,10H,3-4,9,11H2,1H3,(H,23,24)/b15-7+,16-8-. The number of aliphatic carboxylic acids is 1. The lowest BCUT2D eigenvalue weighted by Gasteiger charge is -2.20. The number of allylic oxidation sites excluding steroid dienone is 2. The maximum atomic E-state index is 12.4. The molecule has 144 valence electrons. The lowest BCUT2D eigenvalue weighted by molar-refractivity contribution is -0.140. The molecule has 1 aromatic carbocycles. The summed E-state index contributed by atoms with van der Waals surface area (Å²) in [6, 6.07) is 5.63. The van der Waals surface area contributed by atoms with Crippen molar-refractivity contribution >= 4 is 63.3 Å². The fourth-order valence-corrected chi connectivity index (χ4v) is 5.03. The van der Waals surface area contributed by atoms with E-state index in [4.69, 9.17) is 23.9 Å². The van der Waals surface area contributed by atoms with Crippen LogP contribution in [0.3, 0.4) is 0 Å². The molecule has 0 unspecified atom stereocenters. The number of amides is 1. The SMILES string of the molecule is [C-]#[N+]c1ccc2c(c1)N(CCCC)/C(=C/C=C1/SC(=S)N(CC(=O)O)C1=O)S2. The van der Waals surface area contributed by atoms with E-state index in [1.54, 1.807) is 23.9 Å².